The minimum atomic E-state index is -4.39. The number of nitrogens with one attached hydrogen (secondary N) is 2. The Morgan fingerprint density at radius 1 is 1.44 bits per heavy atom. The number of thiazole rings is 1. The van der Waals surface area contributed by atoms with Crippen molar-refractivity contribution in [3.05, 3.63) is 16.1 Å². The van der Waals surface area contributed by atoms with E-state index in [4.69, 9.17) is 0 Å². The Bertz CT molecular complexity index is 549. The molecule has 1 saturated carbocycles. The summed E-state index contributed by atoms with van der Waals surface area (Å²) in [4.78, 5) is 7.78. The van der Waals surface area contributed by atoms with E-state index in [2.05, 4.69) is 27.5 Å². The van der Waals surface area contributed by atoms with E-state index in [0.29, 0.717) is 22.3 Å². The largest absolute Gasteiger partial charge is 0.434 e. The van der Waals surface area contributed by atoms with Crippen molar-refractivity contribution in [2.45, 2.75) is 56.6 Å². The molecular formula is C15H24F3IN4S2. The summed E-state index contributed by atoms with van der Waals surface area (Å²) in [7, 11) is 1.67. The molecular weight excluding hydrogens is 484 g/mol. The normalized spacial score (nSPS) is 21.6. The molecule has 0 saturated heterocycles. The Morgan fingerprint density at radius 2 is 2.20 bits per heavy atom. The van der Waals surface area contributed by atoms with Crippen LogP contribution in [0, 0.1) is 0 Å². The number of rotatable bonds is 5. The maximum absolute atomic E-state index is 12.6. The second-order valence-corrected chi connectivity index (χ2v) is 8.16. The second-order valence-electron chi connectivity index (χ2n) is 5.64. The lowest BCUT2D eigenvalue weighted by molar-refractivity contribution is -0.140. The molecule has 10 heteroatoms. The highest BCUT2D eigenvalue weighted by Gasteiger charge is 2.33. The van der Waals surface area contributed by atoms with Gasteiger partial charge in [-0.05, 0) is 25.0 Å². The minimum absolute atomic E-state index is 0. The molecule has 1 aromatic heterocycles. The summed E-state index contributed by atoms with van der Waals surface area (Å²) in [5.41, 5.74) is -0.834. The van der Waals surface area contributed by atoms with Crippen LogP contribution in [-0.2, 0) is 12.7 Å². The summed E-state index contributed by atoms with van der Waals surface area (Å²) in [6, 6.07) is 0.357. The van der Waals surface area contributed by atoms with Crippen LogP contribution in [0.15, 0.2) is 10.4 Å². The fraction of sp³-hybridized carbons (Fsp3) is 0.733. The number of halogens is 4. The number of aliphatic imine (C=N–C) groups is 1. The molecule has 0 aliphatic heterocycles. The Balaban J connectivity index is 0.00000312. The van der Waals surface area contributed by atoms with Crippen molar-refractivity contribution >= 4 is 53.0 Å². The molecule has 0 radical (unpaired) electrons. The monoisotopic (exact) mass is 508 g/mol. The van der Waals surface area contributed by atoms with Gasteiger partial charge in [0.2, 0.25) is 0 Å². The summed E-state index contributed by atoms with van der Waals surface area (Å²) >= 11 is 2.99. The molecule has 25 heavy (non-hydrogen) atoms. The predicted molar refractivity (Wildman–Crippen MR) is 110 cm³/mol. The molecule has 1 heterocycles. The van der Waals surface area contributed by atoms with Crippen LogP contribution in [0.5, 0.6) is 0 Å². The van der Waals surface area contributed by atoms with Gasteiger partial charge < -0.3 is 10.6 Å². The van der Waals surface area contributed by atoms with Crippen molar-refractivity contribution < 1.29 is 13.2 Å². The van der Waals surface area contributed by atoms with Crippen LogP contribution in [0.3, 0.4) is 0 Å². The molecule has 0 aromatic carbocycles. The molecule has 1 aliphatic carbocycles. The SMILES string of the molecule is CCSC1CCCC(NC(=NC)NCc2nc(C(F)(F)F)cs2)C1.I. The van der Waals surface area contributed by atoms with Gasteiger partial charge in [0.25, 0.3) is 0 Å². The van der Waals surface area contributed by atoms with Gasteiger partial charge in [0.15, 0.2) is 11.7 Å². The zero-order valence-corrected chi connectivity index (χ0v) is 18.2. The van der Waals surface area contributed by atoms with E-state index < -0.39 is 11.9 Å². The molecule has 0 spiro atoms. The summed E-state index contributed by atoms with van der Waals surface area (Å²) in [5.74, 6) is 1.74. The van der Waals surface area contributed by atoms with Gasteiger partial charge in [-0.25, -0.2) is 4.98 Å². The zero-order valence-electron chi connectivity index (χ0n) is 14.2. The third-order valence-corrected chi connectivity index (χ3v) is 5.92. The second kappa shape index (κ2) is 10.8. The molecule has 1 fully saturated rings. The zero-order chi connectivity index (χ0) is 17.6. The molecule has 144 valence electrons. The minimum Gasteiger partial charge on any atom is -0.354 e. The molecule has 2 unspecified atom stereocenters. The molecule has 2 rings (SSSR count). The number of alkyl halides is 3. The van der Waals surface area contributed by atoms with E-state index in [-0.39, 0.29) is 30.5 Å². The lowest BCUT2D eigenvalue weighted by Crippen LogP contribution is -2.45. The molecule has 0 bridgehead atoms. The Morgan fingerprint density at radius 3 is 2.80 bits per heavy atom. The number of thioether (sulfide) groups is 1. The van der Waals surface area contributed by atoms with Crippen molar-refractivity contribution in [3.63, 3.8) is 0 Å². The predicted octanol–water partition coefficient (Wildman–Crippen LogP) is 4.51. The fourth-order valence-electron chi connectivity index (χ4n) is 2.73. The van der Waals surface area contributed by atoms with Gasteiger partial charge >= 0.3 is 6.18 Å². The lowest BCUT2D eigenvalue weighted by atomic mass is 9.95. The van der Waals surface area contributed by atoms with Gasteiger partial charge in [0.05, 0.1) is 6.54 Å². The fourth-order valence-corrected chi connectivity index (χ4v) is 4.65. The molecule has 2 atom stereocenters. The van der Waals surface area contributed by atoms with Gasteiger partial charge in [0, 0.05) is 23.7 Å². The summed E-state index contributed by atoms with van der Waals surface area (Å²) in [6.07, 6.45) is 0.240. The highest BCUT2D eigenvalue weighted by Crippen LogP contribution is 2.30. The van der Waals surface area contributed by atoms with Crippen molar-refractivity contribution in [3.8, 4) is 0 Å². The summed E-state index contributed by atoms with van der Waals surface area (Å²) < 4.78 is 37.7. The van der Waals surface area contributed by atoms with E-state index in [9.17, 15) is 13.2 Å². The van der Waals surface area contributed by atoms with E-state index in [1.807, 2.05) is 11.8 Å². The first-order chi connectivity index (χ1) is 11.4. The third kappa shape index (κ3) is 7.49. The van der Waals surface area contributed by atoms with Crippen LogP contribution in [0.4, 0.5) is 13.2 Å². The average Bonchev–Trinajstić information content (AvgIpc) is 3.01. The highest BCUT2D eigenvalue weighted by atomic mass is 127. The summed E-state index contributed by atoms with van der Waals surface area (Å²) in [6.45, 7) is 2.41. The maximum atomic E-state index is 12.6. The van der Waals surface area contributed by atoms with Crippen LogP contribution in [0.25, 0.3) is 0 Å². The first kappa shape index (κ1) is 22.8. The van der Waals surface area contributed by atoms with Crippen molar-refractivity contribution in [2.75, 3.05) is 12.8 Å². The van der Waals surface area contributed by atoms with Gasteiger partial charge in [0.1, 0.15) is 5.01 Å². The van der Waals surface area contributed by atoms with E-state index in [1.165, 1.54) is 12.8 Å². The Labute approximate surface area is 171 Å². The quantitative estimate of drug-likeness (QED) is 0.349. The molecule has 0 amide bonds. The number of hydrogen-bond donors (Lipinski definition) is 2. The van der Waals surface area contributed by atoms with Gasteiger partial charge in [-0.2, -0.15) is 24.9 Å². The molecule has 1 aromatic rings. The van der Waals surface area contributed by atoms with Crippen molar-refractivity contribution in [1.29, 1.82) is 0 Å². The number of hydrogen-bond acceptors (Lipinski definition) is 4. The number of nitrogens with zero attached hydrogens (tertiary/aromatic N) is 2. The van der Waals surface area contributed by atoms with E-state index in [0.717, 1.165) is 35.3 Å². The molecule has 1 aliphatic rings. The van der Waals surface area contributed by atoms with E-state index >= 15 is 0 Å². The van der Waals surface area contributed by atoms with Crippen LogP contribution < -0.4 is 10.6 Å². The lowest BCUT2D eigenvalue weighted by Gasteiger charge is -2.30. The first-order valence-electron chi connectivity index (χ1n) is 8.02. The molecule has 2 N–H and O–H groups in total. The molecule has 4 nitrogen and oxygen atoms in total. The van der Waals surface area contributed by atoms with Gasteiger partial charge in [-0.1, -0.05) is 13.3 Å². The van der Waals surface area contributed by atoms with Crippen LogP contribution >= 0.6 is 47.1 Å². The first-order valence-corrected chi connectivity index (χ1v) is 9.95. The Hall–Kier alpha value is -0.230. The third-order valence-electron chi connectivity index (χ3n) is 3.84. The van der Waals surface area contributed by atoms with Crippen LogP contribution in [0.2, 0.25) is 0 Å². The Kier molecular flexibility index (Phi) is 9.86. The van der Waals surface area contributed by atoms with Crippen LogP contribution in [0.1, 0.15) is 43.3 Å². The highest BCUT2D eigenvalue weighted by molar-refractivity contribution is 14.0. The average molecular weight is 508 g/mol. The summed E-state index contributed by atoms with van der Waals surface area (Å²) in [5, 5.41) is 8.55. The van der Waals surface area contributed by atoms with Crippen molar-refractivity contribution in [1.82, 2.24) is 15.6 Å². The van der Waals surface area contributed by atoms with Crippen molar-refractivity contribution in [2.24, 2.45) is 4.99 Å². The van der Waals surface area contributed by atoms with Gasteiger partial charge in [-0.15, -0.1) is 35.3 Å². The van der Waals surface area contributed by atoms with Crippen LogP contribution in [-0.4, -0.2) is 35.0 Å². The number of aromatic nitrogens is 1. The maximum Gasteiger partial charge on any atom is 0.434 e. The standard InChI is InChI=1S/C15H23F3N4S2.HI/c1-3-23-11-6-4-5-10(7-11)21-14(19-2)20-8-13-22-12(9-24-13)15(16,17)18;/h9-11H,3-8H2,1-2H3,(H2,19,20,21);1H. The van der Waals surface area contributed by atoms with E-state index in [1.54, 1.807) is 7.05 Å². The number of guanidine groups is 1. The smallest absolute Gasteiger partial charge is 0.354 e. The topological polar surface area (TPSA) is 49.3 Å². The van der Waals surface area contributed by atoms with Gasteiger partial charge in [-0.3, -0.25) is 4.99 Å².